The minimum atomic E-state index is -0.943. The zero-order chi connectivity index (χ0) is 13.5. The number of hydrogen-bond donors (Lipinski definition) is 2. The number of aromatic carboxylic acids is 1. The van der Waals surface area contributed by atoms with Crippen LogP contribution in [0, 0.1) is 0 Å². The second-order valence-corrected chi connectivity index (χ2v) is 4.80. The quantitative estimate of drug-likeness (QED) is 0.767. The van der Waals surface area contributed by atoms with Crippen LogP contribution in [0.1, 0.15) is 41.7 Å². The van der Waals surface area contributed by atoms with Gasteiger partial charge in [0, 0.05) is 19.3 Å². The largest absolute Gasteiger partial charge is 0.478 e. The van der Waals surface area contributed by atoms with Gasteiger partial charge >= 0.3 is 5.97 Å². The third kappa shape index (κ3) is 4.61. The molecule has 1 aromatic rings. The molecule has 5 nitrogen and oxygen atoms in total. The summed E-state index contributed by atoms with van der Waals surface area (Å²) in [4.78, 5) is 14.8. The smallest absolute Gasteiger partial charge is 0.337 e. The highest BCUT2D eigenvalue weighted by Gasteiger charge is 2.12. The molecule has 1 saturated heterocycles. The third-order valence-corrected chi connectivity index (χ3v) is 3.29. The van der Waals surface area contributed by atoms with Crippen molar-refractivity contribution in [2.24, 2.45) is 0 Å². The predicted molar refractivity (Wildman–Crippen MR) is 71.1 cm³/mol. The van der Waals surface area contributed by atoms with Crippen LogP contribution in [-0.2, 0) is 11.3 Å². The molecule has 1 fully saturated rings. The maximum Gasteiger partial charge on any atom is 0.337 e. The number of pyridine rings is 1. The van der Waals surface area contributed by atoms with Gasteiger partial charge in [0.05, 0.1) is 17.4 Å². The highest BCUT2D eigenvalue weighted by Crippen LogP contribution is 2.14. The van der Waals surface area contributed by atoms with Crippen molar-refractivity contribution in [2.75, 3.05) is 13.2 Å². The second kappa shape index (κ2) is 7.21. The summed E-state index contributed by atoms with van der Waals surface area (Å²) in [6.45, 7) is 2.45. The van der Waals surface area contributed by atoms with E-state index in [1.807, 2.05) is 0 Å². The number of hydrogen-bond acceptors (Lipinski definition) is 4. The Morgan fingerprint density at radius 3 is 3.00 bits per heavy atom. The maximum absolute atomic E-state index is 10.7. The Kier molecular flexibility index (Phi) is 5.30. The van der Waals surface area contributed by atoms with Crippen LogP contribution >= 0.6 is 0 Å². The molecule has 0 spiro atoms. The van der Waals surface area contributed by atoms with E-state index >= 15 is 0 Å². The first-order valence-corrected chi connectivity index (χ1v) is 6.76. The van der Waals surface area contributed by atoms with E-state index in [1.165, 1.54) is 19.0 Å². The first-order chi connectivity index (χ1) is 9.25. The number of nitrogens with one attached hydrogen (secondary N) is 1. The second-order valence-electron chi connectivity index (χ2n) is 4.80. The Balaban J connectivity index is 1.66. The van der Waals surface area contributed by atoms with Crippen LogP contribution in [0.3, 0.4) is 0 Å². The Morgan fingerprint density at radius 2 is 2.37 bits per heavy atom. The summed E-state index contributed by atoms with van der Waals surface area (Å²) in [6, 6.07) is 3.32. The van der Waals surface area contributed by atoms with Crippen LogP contribution in [-0.4, -0.2) is 35.3 Å². The average molecular weight is 264 g/mol. The zero-order valence-electron chi connectivity index (χ0n) is 11.0. The summed E-state index contributed by atoms with van der Waals surface area (Å²) in [5.41, 5.74) is 1.08. The fourth-order valence-electron chi connectivity index (χ4n) is 2.17. The van der Waals surface area contributed by atoms with Gasteiger partial charge in [0.15, 0.2) is 0 Å². The van der Waals surface area contributed by atoms with E-state index in [0.717, 1.165) is 31.7 Å². The Morgan fingerprint density at radius 1 is 1.47 bits per heavy atom. The topological polar surface area (TPSA) is 71.5 Å². The van der Waals surface area contributed by atoms with Gasteiger partial charge in [-0.05, 0) is 44.4 Å². The van der Waals surface area contributed by atoms with Crippen molar-refractivity contribution in [3.8, 4) is 0 Å². The van der Waals surface area contributed by atoms with E-state index in [4.69, 9.17) is 9.84 Å². The molecule has 5 heteroatoms. The molecule has 0 radical (unpaired) electrons. The first kappa shape index (κ1) is 14.0. The molecule has 2 rings (SSSR count). The molecule has 2 heterocycles. The van der Waals surface area contributed by atoms with Crippen molar-refractivity contribution in [1.82, 2.24) is 10.3 Å². The van der Waals surface area contributed by atoms with Gasteiger partial charge in [0.1, 0.15) is 0 Å². The summed E-state index contributed by atoms with van der Waals surface area (Å²) < 4.78 is 5.65. The molecule has 0 amide bonds. The van der Waals surface area contributed by atoms with Crippen molar-refractivity contribution in [3.05, 3.63) is 29.6 Å². The average Bonchev–Trinajstić information content (AvgIpc) is 2.45. The maximum atomic E-state index is 10.7. The molecular weight excluding hydrogens is 244 g/mol. The molecular formula is C14H20N2O3. The summed E-state index contributed by atoms with van der Waals surface area (Å²) in [7, 11) is 0. The van der Waals surface area contributed by atoms with Crippen LogP contribution in [0.25, 0.3) is 0 Å². The molecule has 0 bridgehead atoms. The molecule has 1 aromatic heterocycles. The third-order valence-electron chi connectivity index (χ3n) is 3.29. The van der Waals surface area contributed by atoms with Crippen LogP contribution < -0.4 is 5.32 Å². The van der Waals surface area contributed by atoms with E-state index in [9.17, 15) is 4.79 Å². The first-order valence-electron chi connectivity index (χ1n) is 6.76. The van der Waals surface area contributed by atoms with Crippen LogP contribution in [0.5, 0.6) is 0 Å². The number of rotatable bonds is 6. The highest BCUT2D eigenvalue weighted by molar-refractivity contribution is 5.87. The lowest BCUT2D eigenvalue weighted by Crippen LogP contribution is -2.25. The van der Waals surface area contributed by atoms with Crippen LogP contribution in [0.4, 0.5) is 0 Å². The fourth-order valence-corrected chi connectivity index (χ4v) is 2.17. The van der Waals surface area contributed by atoms with Crippen LogP contribution in [0.2, 0.25) is 0 Å². The summed E-state index contributed by atoms with van der Waals surface area (Å²) in [5, 5.41) is 12.1. The predicted octanol–water partition coefficient (Wildman–Crippen LogP) is 1.83. The number of carboxylic acids is 1. The number of ether oxygens (including phenoxy) is 1. The number of carbonyl (C=O) groups is 1. The molecule has 0 saturated carbocycles. The van der Waals surface area contributed by atoms with Gasteiger partial charge in [-0.15, -0.1) is 0 Å². The van der Waals surface area contributed by atoms with Crippen LogP contribution in [0.15, 0.2) is 18.3 Å². The standard InChI is InChI=1S/C14H20N2O3/c17-14(18)11-4-5-12(16-9-11)10-15-7-6-13-3-1-2-8-19-13/h4-5,9,13,15H,1-3,6-8,10H2,(H,17,18). The Labute approximate surface area is 113 Å². The van der Waals surface area contributed by atoms with E-state index in [-0.39, 0.29) is 5.56 Å². The molecule has 0 aliphatic carbocycles. The lowest BCUT2D eigenvalue weighted by molar-refractivity contribution is 0.0115. The lowest BCUT2D eigenvalue weighted by atomic mass is 10.1. The highest BCUT2D eigenvalue weighted by atomic mass is 16.5. The van der Waals surface area contributed by atoms with E-state index in [0.29, 0.717) is 12.6 Å². The summed E-state index contributed by atoms with van der Waals surface area (Å²) in [5.74, 6) is -0.943. The summed E-state index contributed by atoms with van der Waals surface area (Å²) >= 11 is 0. The normalized spacial score (nSPS) is 19.3. The van der Waals surface area contributed by atoms with E-state index in [2.05, 4.69) is 10.3 Å². The Bertz CT molecular complexity index is 400. The fraction of sp³-hybridized carbons (Fsp3) is 0.571. The molecule has 19 heavy (non-hydrogen) atoms. The molecule has 0 aromatic carbocycles. The van der Waals surface area contributed by atoms with Gasteiger partial charge < -0.3 is 15.2 Å². The molecule has 2 N–H and O–H groups in total. The zero-order valence-corrected chi connectivity index (χ0v) is 11.0. The SMILES string of the molecule is O=C(O)c1ccc(CNCCC2CCCCO2)nc1. The molecule has 1 aliphatic rings. The van der Waals surface area contributed by atoms with Gasteiger partial charge in [-0.2, -0.15) is 0 Å². The van der Waals surface area contributed by atoms with Gasteiger partial charge in [-0.3, -0.25) is 4.98 Å². The van der Waals surface area contributed by atoms with Crippen molar-refractivity contribution in [3.63, 3.8) is 0 Å². The van der Waals surface area contributed by atoms with Crippen molar-refractivity contribution < 1.29 is 14.6 Å². The monoisotopic (exact) mass is 264 g/mol. The van der Waals surface area contributed by atoms with Gasteiger partial charge in [-0.25, -0.2) is 4.79 Å². The Hall–Kier alpha value is -1.46. The van der Waals surface area contributed by atoms with E-state index < -0.39 is 5.97 Å². The minimum absolute atomic E-state index is 0.222. The number of nitrogens with zero attached hydrogens (tertiary/aromatic N) is 1. The van der Waals surface area contributed by atoms with Crippen molar-refractivity contribution in [1.29, 1.82) is 0 Å². The summed E-state index contributed by atoms with van der Waals surface area (Å²) in [6.07, 6.45) is 6.42. The van der Waals surface area contributed by atoms with Gasteiger partial charge in [0.2, 0.25) is 0 Å². The molecule has 1 aliphatic heterocycles. The minimum Gasteiger partial charge on any atom is -0.478 e. The lowest BCUT2D eigenvalue weighted by Gasteiger charge is -2.22. The molecule has 104 valence electrons. The number of carboxylic acid groups (broad SMARTS) is 1. The van der Waals surface area contributed by atoms with E-state index in [1.54, 1.807) is 12.1 Å². The molecule has 1 unspecified atom stereocenters. The van der Waals surface area contributed by atoms with Crippen molar-refractivity contribution in [2.45, 2.75) is 38.3 Å². The number of aromatic nitrogens is 1. The van der Waals surface area contributed by atoms with Gasteiger partial charge in [-0.1, -0.05) is 0 Å². The van der Waals surface area contributed by atoms with Gasteiger partial charge in [0.25, 0.3) is 0 Å². The van der Waals surface area contributed by atoms with Crippen molar-refractivity contribution >= 4 is 5.97 Å². The molecule has 1 atom stereocenters.